The lowest BCUT2D eigenvalue weighted by Crippen LogP contribution is -2.08. The summed E-state index contributed by atoms with van der Waals surface area (Å²) in [6, 6.07) is 1.32. The molecule has 0 aliphatic rings. The van der Waals surface area contributed by atoms with Crippen LogP contribution in [-0.2, 0) is 6.42 Å². The molecule has 1 heterocycles. The Morgan fingerprint density at radius 1 is 1.60 bits per heavy atom. The summed E-state index contributed by atoms with van der Waals surface area (Å²) in [4.78, 5) is 11.1. The van der Waals surface area contributed by atoms with Crippen LogP contribution in [0.25, 0.3) is 0 Å². The number of aryl methyl sites for hydroxylation is 1. The van der Waals surface area contributed by atoms with Crippen molar-refractivity contribution in [3.8, 4) is 5.75 Å². The molecule has 0 amide bonds. The Morgan fingerprint density at radius 3 is 2.80 bits per heavy atom. The molecule has 0 aromatic carbocycles. The molecule has 0 bridgehead atoms. The average Bonchev–Trinajstić information content (AvgIpc) is 2.14. The summed E-state index contributed by atoms with van der Waals surface area (Å²) in [5.74, 6) is 1.09. The Morgan fingerprint density at radius 2 is 2.27 bits per heavy atom. The van der Waals surface area contributed by atoms with Crippen molar-refractivity contribution in [1.82, 2.24) is 0 Å². The topological polar surface area (TPSA) is 59.7 Å². The van der Waals surface area contributed by atoms with Crippen LogP contribution in [-0.4, -0.2) is 18.3 Å². The predicted octanol–water partition coefficient (Wildman–Crippen LogP) is 1.27. The minimum absolute atomic E-state index is 0.374. The maximum absolute atomic E-state index is 11.1. The van der Waals surface area contributed by atoms with Gasteiger partial charge in [-0.2, -0.15) is 0 Å². The molecule has 0 radical (unpaired) electrons. The van der Waals surface area contributed by atoms with Crippen molar-refractivity contribution < 1.29 is 14.3 Å². The molecule has 1 N–H and O–H groups in total. The van der Waals surface area contributed by atoms with Crippen LogP contribution in [0.15, 0.2) is 15.3 Å². The van der Waals surface area contributed by atoms with Crippen molar-refractivity contribution in [1.29, 1.82) is 0 Å². The van der Waals surface area contributed by atoms with E-state index in [0.29, 0.717) is 24.4 Å². The van der Waals surface area contributed by atoms with Crippen LogP contribution in [0.2, 0.25) is 0 Å². The van der Waals surface area contributed by atoms with Gasteiger partial charge in [-0.3, -0.25) is 0 Å². The number of ether oxygens (including phenoxy) is 1. The van der Waals surface area contributed by atoms with Crippen LogP contribution < -0.4 is 10.4 Å². The minimum Gasteiger partial charge on any atom is -0.496 e. The molecule has 0 saturated carbocycles. The first-order valence-corrected chi connectivity index (χ1v) is 4.90. The summed E-state index contributed by atoms with van der Waals surface area (Å²) in [6.07, 6.45) is 0.877. The zero-order valence-electron chi connectivity index (χ0n) is 9.24. The largest absolute Gasteiger partial charge is 0.496 e. The molecule has 1 unspecified atom stereocenters. The maximum Gasteiger partial charge on any atom is 0.339 e. The fourth-order valence-corrected chi connectivity index (χ4v) is 1.44. The van der Waals surface area contributed by atoms with Crippen molar-refractivity contribution in [2.45, 2.75) is 32.8 Å². The molecule has 4 heteroatoms. The summed E-state index contributed by atoms with van der Waals surface area (Å²) in [5.41, 5.74) is 0.433. The molecule has 0 aliphatic carbocycles. The lowest BCUT2D eigenvalue weighted by Gasteiger charge is -2.10. The molecular formula is C11H16O4. The highest BCUT2D eigenvalue weighted by atomic mass is 16.5. The number of methoxy groups -OCH3 is 1. The summed E-state index contributed by atoms with van der Waals surface area (Å²) >= 11 is 0. The van der Waals surface area contributed by atoms with Gasteiger partial charge in [0.2, 0.25) is 0 Å². The van der Waals surface area contributed by atoms with E-state index < -0.39 is 5.63 Å². The molecule has 1 aromatic rings. The maximum atomic E-state index is 11.1. The highest BCUT2D eigenvalue weighted by molar-refractivity contribution is 5.33. The van der Waals surface area contributed by atoms with E-state index in [2.05, 4.69) is 0 Å². The van der Waals surface area contributed by atoms with Crippen molar-refractivity contribution in [2.24, 2.45) is 0 Å². The van der Waals surface area contributed by atoms with Gasteiger partial charge < -0.3 is 14.3 Å². The van der Waals surface area contributed by atoms with Gasteiger partial charge >= 0.3 is 5.63 Å². The van der Waals surface area contributed by atoms with E-state index in [9.17, 15) is 9.90 Å². The standard InChI is InChI=1S/C11H16O4/c1-7(12)4-5-9-8(2)15-11(13)6-10(9)14-3/h6-7,12H,4-5H2,1-3H3. The molecule has 0 aliphatic heterocycles. The third-order valence-electron chi connectivity index (χ3n) is 2.26. The van der Waals surface area contributed by atoms with Crippen molar-refractivity contribution in [2.75, 3.05) is 7.11 Å². The molecular weight excluding hydrogens is 196 g/mol. The van der Waals surface area contributed by atoms with Gasteiger partial charge in [-0.15, -0.1) is 0 Å². The van der Waals surface area contributed by atoms with Gasteiger partial charge in [-0.1, -0.05) is 0 Å². The van der Waals surface area contributed by atoms with Crippen LogP contribution >= 0.6 is 0 Å². The van der Waals surface area contributed by atoms with Crippen LogP contribution in [0.3, 0.4) is 0 Å². The van der Waals surface area contributed by atoms with Crippen LogP contribution in [0.5, 0.6) is 5.75 Å². The highest BCUT2D eigenvalue weighted by Gasteiger charge is 2.11. The minimum atomic E-state index is -0.412. The van der Waals surface area contributed by atoms with E-state index in [0.717, 1.165) is 5.56 Å². The second kappa shape index (κ2) is 4.98. The molecule has 1 rings (SSSR count). The second-order valence-electron chi connectivity index (χ2n) is 3.56. The molecule has 84 valence electrons. The van der Waals surface area contributed by atoms with Gasteiger partial charge in [0, 0.05) is 5.56 Å². The van der Waals surface area contributed by atoms with E-state index >= 15 is 0 Å². The van der Waals surface area contributed by atoms with E-state index in [1.54, 1.807) is 13.8 Å². The summed E-state index contributed by atoms with van der Waals surface area (Å²) in [7, 11) is 1.51. The Balaban J connectivity index is 2.99. The number of hydrogen-bond donors (Lipinski definition) is 1. The predicted molar refractivity (Wildman–Crippen MR) is 56.3 cm³/mol. The highest BCUT2D eigenvalue weighted by Crippen LogP contribution is 2.21. The number of aliphatic hydroxyl groups is 1. The van der Waals surface area contributed by atoms with Gasteiger partial charge in [-0.05, 0) is 26.7 Å². The molecule has 1 aromatic heterocycles. The van der Waals surface area contributed by atoms with E-state index in [1.807, 2.05) is 0 Å². The quantitative estimate of drug-likeness (QED) is 0.816. The summed E-state index contributed by atoms with van der Waals surface area (Å²) in [5, 5.41) is 9.19. The Labute approximate surface area is 88.5 Å². The van der Waals surface area contributed by atoms with Gasteiger partial charge in [0.05, 0.1) is 19.3 Å². The smallest absolute Gasteiger partial charge is 0.339 e. The van der Waals surface area contributed by atoms with Crippen molar-refractivity contribution >= 4 is 0 Å². The summed E-state index contributed by atoms with van der Waals surface area (Å²) in [6.45, 7) is 3.45. The Kier molecular flexibility index (Phi) is 3.91. The molecule has 15 heavy (non-hydrogen) atoms. The van der Waals surface area contributed by atoms with Crippen LogP contribution in [0.4, 0.5) is 0 Å². The molecule has 0 fully saturated rings. The van der Waals surface area contributed by atoms with Crippen LogP contribution in [0, 0.1) is 6.92 Å². The van der Waals surface area contributed by atoms with Gasteiger partial charge in [0.1, 0.15) is 11.5 Å². The molecule has 1 atom stereocenters. The van der Waals surface area contributed by atoms with Crippen molar-refractivity contribution in [3.05, 3.63) is 27.8 Å². The third kappa shape index (κ3) is 3.09. The van der Waals surface area contributed by atoms with Crippen LogP contribution in [0.1, 0.15) is 24.7 Å². The van der Waals surface area contributed by atoms with E-state index in [4.69, 9.17) is 9.15 Å². The van der Waals surface area contributed by atoms with Crippen molar-refractivity contribution in [3.63, 3.8) is 0 Å². The summed E-state index contributed by atoms with van der Waals surface area (Å²) < 4.78 is 10.1. The Bertz CT molecular complexity index is 379. The van der Waals surface area contributed by atoms with E-state index in [1.165, 1.54) is 13.2 Å². The molecule has 4 nitrogen and oxygen atoms in total. The van der Waals surface area contributed by atoms with Gasteiger partial charge in [0.15, 0.2) is 0 Å². The normalized spacial score (nSPS) is 12.5. The molecule has 0 spiro atoms. The number of rotatable bonds is 4. The van der Waals surface area contributed by atoms with Gasteiger partial charge in [-0.25, -0.2) is 4.79 Å². The monoisotopic (exact) mass is 212 g/mol. The zero-order chi connectivity index (χ0) is 11.4. The number of hydrogen-bond acceptors (Lipinski definition) is 4. The number of aliphatic hydroxyl groups excluding tert-OH is 1. The average molecular weight is 212 g/mol. The second-order valence-corrected chi connectivity index (χ2v) is 3.56. The Hall–Kier alpha value is -1.29. The first-order valence-electron chi connectivity index (χ1n) is 4.90. The lowest BCUT2D eigenvalue weighted by atomic mass is 10.1. The van der Waals surface area contributed by atoms with E-state index in [-0.39, 0.29) is 6.10 Å². The first kappa shape index (κ1) is 11.8. The third-order valence-corrected chi connectivity index (χ3v) is 2.26. The SMILES string of the molecule is COc1cc(=O)oc(C)c1CCC(C)O. The zero-order valence-corrected chi connectivity index (χ0v) is 9.24. The fourth-order valence-electron chi connectivity index (χ4n) is 1.44. The first-order chi connectivity index (χ1) is 7.04. The van der Waals surface area contributed by atoms with Gasteiger partial charge in [0.25, 0.3) is 0 Å². The molecule has 0 saturated heterocycles. The fraction of sp³-hybridized carbons (Fsp3) is 0.545. The lowest BCUT2D eigenvalue weighted by molar-refractivity contribution is 0.184.